The molecule has 0 spiro atoms. The van der Waals surface area contributed by atoms with E-state index >= 15 is 0 Å². The van der Waals surface area contributed by atoms with Gasteiger partial charge >= 0.3 is 0 Å². The number of rotatable bonds is 3. The van der Waals surface area contributed by atoms with E-state index in [0.717, 1.165) is 50.2 Å². The highest BCUT2D eigenvalue weighted by Gasteiger charge is 2.31. The Balaban J connectivity index is 1.66. The van der Waals surface area contributed by atoms with Gasteiger partial charge in [0.05, 0.1) is 16.6 Å². The fourth-order valence-corrected chi connectivity index (χ4v) is 4.85. The Morgan fingerprint density at radius 1 is 1.30 bits per heavy atom. The van der Waals surface area contributed by atoms with Crippen LogP contribution in [0.1, 0.15) is 48.5 Å². The number of hydrogen-bond acceptors (Lipinski definition) is 6. The number of piperidine rings is 1. The van der Waals surface area contributed by atoms with Crippen molar-refractivity contribution in [2.45, 2.75) is 51.6 Å². The van der Waals surface area contributed by atoms with Gasteiger partial charge in [-0.1, -0.05) is 11.6 Å². The van der Waals surface area contributed by atoms with Gasteiger partial charge in [-0.25, -0.2) is 14.4 Å². The van der Waals surface area contributed by atoms with E-state index in [2.05, 4.69) is 16.7 Å². The van der Waals surface area contributed by atoms with Crippen molar-refractivity contribution in [2.75, 3.05) is 19.6 Å². The molecule has 3 aliphatic heterocycles. The van der Waals surface area contributed by atoms with Gasteiger partial charge in [0.1, 0.15) is 11.7 Å². The van der Waals surface area contributed by atoms with Crippen molar-refractivity contribution >= 4 is 30.1 Å². The van der Waals surface area contributed by atoms with Crippen LogP contribution in [0, 0.1) is 12.7 Å². The third kappa shape index (κ3) is 4.68. The smallest absolute Gasteiger partial charge is 0.255 e. The third-order valence-electron chi connectivity index (χ3n) is 6.50. The first-order valence-electron chi connectivity index (χ1n) is 11.3. The second-order valence-corrected chi connectivity index (χ2v) is 9.23. The second-order valence-electron chi connectivity index (χ2n) is 8.85. The highest BCUT2D eigenvalue weighted by Crippen LogP contribution is 2.29. The van der Waals surface area contributed by atoms with E-state index in [-0.39, 0.29) is 28.6 Å². The molecule has 0 aromatic heterocycles. The van der Waals surface area contributed by atoms with Crippen LogP contribution in [-0.2, 0) is 0 Å². The molecule has 1 amide bonds. The average molecular weight is 473 g/mol. The summed E-state index contributed by atoms with van der Waals surface area (Å²) < 4.78 is 13.9. The van der Waals surface area contributed by atoms with Crippen LogP contribution >= 0.6 is 11.6 Å². The molecule has 2 N–H and O–H groups in total. The monoisotopic (exact) mass is 472 g/mol. The number of amides is 1. The van der Waals surface area contributed by atoms with Crippen molar-refractivity contribution in [2.24, 2.45) is 15.8 Å². The van der Waals surface area contributed by atoms with Crippen molar-refractivity contribution in [1.29, 1.82) is 0 Å². The third-order valence-corrected chi connectivity index (χ3v) is 6.99. The van der Waals surface area contributed by atoms with Gasteiger partial charge in [0.25, 0.3) is 5.91 Å². The normalized spacial score (nSPS) is 24.8. The SMILES string of the molecule is C=NN1C=C(C)C(N2CC[C@H](N)C2)=N/C1=C/C1CCCCN1C(=O)c1ccc(F)c(C)c1Cl. The molecule has 1 aromatic rings. The van der Waals surface area contributed by atoms with Gasteiger partial charge < -0.3 is 15.5 Å². The number of nitrogens with two attached hydrogens (primary N) is 1. The molecule has 7 nitrogen and oxygen atoms in total. The molecule has 9 heteroatoms. The van der Waals surface area contributed by atoms with E-state index in [1.165, 1.54) is 12.1 Å². The van der Waals surface area contributed by atoms with Crippen LogP contribution in [0.3, 0.4) is 0 Å². The van der Waals surface area contributed by atoms with Crippen molar-refractivity contribution in [3.05, 3.63) is 57.8 Å². The van der Waals surface area contributed by atoms with E-state index < -0.39 is 5.82 Å². The maximum atomic E-state index is 13.9. The number of hydrazone groups is 1. The summed E-state index contributed by atoms with van der Waals surface area (Å²) in [6.07, 6.45) is 7.47. The van der Waals surface area contributed by atoms with E-state index in [1.807, 2.05) is 19.2 Å². The highest BCUT2D eigenvalue weighted by atomic mass is 35.5. The first-order valence-corrected chi connectivity index (χ1v) is 11.7. The summed E-state index contributed by atoms with van der Waals surface area (Å²) in [4.78, 5) is 22.3. The van der Waals surface area contributed by atoms with Crippen molar-refractivity contribution in [3.8, 4) is 0 Å². The lowest BCUT2D eigenvalue weighted by atomic mass is 9.99. The van der Waals surface area contributed by atoms with Crippen LogP contribution in [0.5, 0.6) is 0 Å². The predicted octanol–water partition coefficient (Wildman–Crippen LogP) is 3.89. The summed E-state index contributed by atoms with van der Waals surface area (Å²) in [6.45, 7) is 9.46. The average Bonchev–Trinajstić information content (AvgIpc) is 3.24. The number of carbonyl (C=O) groups excluding carboxylic acids is 1. The van der Waals surface area contributed by atoms with E-state index in [0.29, 0.717) is 17.9 Å². The lowest BCUT2D eigenvalue weighted by Crippen LogP contribution is -2.43. The fourth-order valence-electron chi connectivity index (χ4n) is 4.62. The molecule has 0 aliphatic carbocycles. The standard InChI is InChI=1S/C24H30ClFN6O/c1-15-13-32(28-3)21(29-23(15)30-11-9-17(27)14-30)12-18-6-4-5-10-31(18)24(33)19-7-8-20(26)16(2)22(19)25/h7-8,12-13,17-18H,3-6,9-11,14,27H2,1-2H3/b21-12-/t17-,18?/m0/s1. The van der Waals surface area contributed by atoms with Crippen molar-refractivity contribution in [3.63, 3.8) is 0 Å². The lowest BCUT2D eigenvalue weighted by Gasteiger charge is -2.35. The molecule has 2 fully saturated rings. The molecule has 2 saturated heterocycles. The summed E-state index contributed by atoms with van der Waals surface area (Å²) in [5.41, 5.74) is 7.68. The maximum Gasteiger partial charge on any atom is 0.255 e. The summed E-state index contributed by atoms with van der Waals surface area (Å²) in [5.74, 6) is 0.867. The number of carbonyl (C=O) groups is 1. The zero-order chi connectivity index (χ0) is 23.7. The minimum Gasteiger partial charge on any atom is -0.355 e. The molecule has 3 aliphatic rings. The molecular weight excluding hydrogens is 443 g/mol. The minimum absolute atomic E-state index is 0.138. The van der Waals surface area contributed by atoms with Gasteiger partial charge in [0.2, 0.25) is 0 Å². The number of hydrogen-bond donors (Lipinski definition) is 1. The van der Waals surface area contributed by atoms with Gasteiger partial charge in [0, 0.05) is 49.7 Å². The maximum absolute atomic E-state index is 13.9. The predicted molar refractivity (Wildman–Crippen MR) is 130 cm³/mol. The quantitative estimate of drug-likeness (QED) is 0.677. The molecule has 3 heterocycles. The lowest BCUT2D eigenvalue weighted by molar-refractivity contribution is 0.0662. The van der Waals surface area contributed by atoms with Gasteiger partial charge in [-0.2, -0.15) is 5.10 Å². The summed E-state index contributed by atoms with van der Waals surface area (Å²) in [6, 6.07) is 2.70. The molecule has 1 aromatic carbocycles. The van der Waals surface area contributed by atoms with Gasteiger partial charge in [-0.05, 0) is 57.7 Å². The van der Waals surface area contributed by atoms with E-state index in [4.69, 9.17) is 22.3 Å². The molecule has 176 valence electrons. The highest BCUT2D eigenvalue weighted by molar-refractivity contribution is 6.34. The topological polar surface area (TPSA) is 77.5 Å². The number of halogens is 2. The Morgan fingerprint density at radius 3 is 2.79 bits per heavy atom. The van der Waals surface area contributed by atoms with E-state index in [9.17, 15) is 9.18 Å². The fraction of sp³-hybridized carbons (Fsp3) is 0.458. The number of aliphatic imine (C=N–C) groups is 1. The Bertz CT molecular complexity index is 1050. The Hall–Kier alpha value is -2.71. The summed E-state index contributed by atoms with van der Waals surface area (Å²) in [7, 11) is 0. The Morgan fingerprint density at radius 2 is 2.09 bits per heavy atom. The molecule has 0 radical (unpaired) electrons. The largest absolute Gasteiger partial charge is 0.355 e. The molecule has 2 atom stereocenters. The Kier molecular flexibility index (Phi) is 6.86. The molecule has 1 unspecified atom stereocenters. The van der Waals surface area contributed by atoms with Crippen LogP contribution in [0.15, 0.2) is 45.9 Å². The summed E-state index contributed by atoms with van der Waals surface area (Å²) in [5, 5.41) is 5.91. The first-order chi connectivity index (χ1) is 15.8. The zero-order valence-electron chi connectivity index (χ0n) is 19.1. The van der Waals surface area contributed by atoms with Gasteiger partial charge in [-0.3, -0.25) is 4.79 Å². The van der Waals surface area contributed by atoms with Crippen molar-refractivity contribution in [1.82, 2.24) is 14.8 Å². The summed E-state index contributed by atoms with van der Waals surface area (Å²) >= 11 is 6.34. The Labute approximate surface area is 199 Å². The van der Waals surface area contributed by atoms with Crippen LogP contribution in [0.4, 0.5) is 4.39 Å². The second kappa shape index (κ2) is 9.65. The molecule has 0 saturated carbocycles. The molecule has 4 rings (SSSR count). The van der Waals surface area contributed by atoms with Crippen LogP contribution in [0.25, 0.3) is 0 Å². The van der Waals surface area contributed by atoms with Gasteiger partial charge in [0.15, 0.2) is 5.82 Å². The number of nitrogens with zero attached hydrogens (tertiary/aromatic N) is 5. The van der Waals surface area contributed by atoms with Crippen molar-refractivity contribution < 1.29 is 9.18 Å². The molecule has 33 heavy (non-hydrogen) atoms. The van der Waals surface area contributed by atoms with Crippen LogP contribution < -0.4 is 5.73 Å². The number of benzene rings is 1. The first kappa shape index (κ1) is 23.4. The van der Waals surface area contributed by atoms with Gasteiger partial charge in [-0.15, -0.1) is 0 Å². The number of amidine groups is 1. The van der Waals surface area contributed by atoms with E-state index in [1.54, 1.807) is 16.8 Å². The van der Waals surface area contributed by atoms with Crippen LogP contribution in [-0.4, -0.2) is 65.0 Å². The zero-order valence-corrected chi connectivity index (χ0v) is 19.9. The number of likely N-dealkylation sites (tertiary alicyclic amines) is 2. The van der Waals surface area contributed by atoms with Crippen LogP contribution in [0.2, 0.25) is 5.02 Å². The minimum atomic E-state index is -0.422. The molecule has 0 bridgehead atoms. The molecular formula is C24H30ClFN6O.